The molecule has 23 N–H and O–H groups in total. The summed E-state index contributed by atoms with van der Waals surface area (Å²) in [5, 5.41) is 48.0. The average molecular weight is 1960 g/mol. The highest BCUT2D eigenvalue weighted by molar-refractivity contribution is 6.07. The zero-order chi connectivity index (χ0) is 97.9. The van der Waals surface area contributed by atoms with Crippen molar-refractivity contribution in [2.24, 2.45) is 9.98 Å². The van der Waals surface area contributed by atoms with Gasteiger partial charge in [-0.05, 0) is 60.7 Å². The van der Waals surface area contributed by atoms with E-state index in [4.69, 9.17) is 0 Å². The standard InChI is InChI=1S/C5H5NO2.3C5H5NO.C4H4N2O2.C4H6N2O.3C4H4N2O.3C4H5NO.C4H5N.C3H3N3O2.C3H3N3O.C3H4N2O.3C3H4N2.2C2H3N3.7CH4/c7-4-2-1-3-5(8)6-4;3*7-5-3-1-2-4-6-5;7-3-1-2-5-4(8)6-3;1-3-2-5-4(7)6-3;7-4-1-2-5-3-6-4;2*7-4-2-1-3-5-6-4;2*6-4-1-2-5-3-4;6-4-2-1-3-5-4;1-2-4-5-3-1;7-2-1-4-6-3(8)5-2;7-3-5-1-4-2-6-3;6-3-1-4-2-5-3;3*1-2-5-3-4-1;2*1-3-2-5-4-1;;;;;;;/h1-2H,3H2,(H,6,7,8);3*1-4H,(H,6,7);2H,1H2,(H,6,7,8);1-2H2,(H2,5,6,7);1-3H,(H,5,6,7);2*1-3H,(H,6,7);2*1-2,5H,3H2;1,3H,2H2,(H,5,6);1-5H;1H,(H2,5,6,7,8);1-2H,(H,4,5,6,7);2H,1H2,(H,4,5,6);3*1-3H,(H,4,5);2*1-2H,(H,3,4,5);7*1H4. The van der Waals surface area contributed by atoms with Crippen molar-refractivity contribution in [1.82, 2.24) is 183 Å². The molecule has 0 aromatic carbocycles. The van der Waals surface area contributed by atoms with Gasteiger partial charge >= 0.3 is 23.4 Å². The first-order chi connectivity index (χ1) is 65.0. The molecule has 0 bridgehead atoms. The quantitative estimate of drug-likeness (QED) is 0.0965. The Bertz CT molecular complexity index is 5140. The van der Waals surface area contributed by atoms with E-state index < -0.39 is 17.3 Å². The molecule has 14 aromatic rings. The summed E-state index contributed by atoms with van der Waals surface area (Å²) < 4.78 is 0. The molecule has 9 amide bonds. The Labute approximate surface area is 804 Å². The van der Waals surface area contributed by atoms with Crippen molar-refractivity contribution in [1.29, 1.82) is 0 Å². The molecule has 0 spiro atoms. The third-order valence-corrected chi connectivity index (χ3v) is 12.1. The summed E-state index contributed by atoms with van der Waals surface area (Å²) in [6, 6.07) is 25.3. The molecule has 56 nitrogen and oxygen atoms in total. The number of pyridine rings is 3. The molecule has 756 valence electrons. The fraction of sp³-hybridized carbons (Fsp3) is 0.165. The minimum absolute atomic E-state index is 0. The number of ketones is 2. The van der Waals surface area contributed by atoms with Crippen LogP contribution in [0.2, 0.25) is 0 Å². The van der Waals surface area contributed by atoms with E-state index in [-0.39, 0.29) is 145 Å². The Kier molecular flexibility index (Phi) is 90.7. The molecule has 0 saturated carbocycles. The summed E-state index contributed by atoms with van der Waals surface area (Å²) in [6.07, 6.45) is 55.5. The lowest BCUT2D eigenvalue weighted by molar-refractivity contribution is -0.128. The van der Waals surface area contributed by atoms with Gasteiger partial charge in [-0.2, -0.15) is 30.5 Å². The molecule has 7 aliphatic heterocycles. The number of hydrogen-bond acceptors (Lipinski definition) is 34. The number of aromatic amines is 15. The number of carbonyl (C=O) groups excluding carboxylic acids is 9. The van der Waals surface area contributed by atoms with Crippen LogP contribution in [-0.2, 0) is 33.6 Å². The molecule has 1 saturated heterocycles. The molecule has 1 fully saturated rings. The third-order valence-electron chi connectivity index (χ3n) is 12.1. The van der Waals surface area contributed by atoms with E-state index in [1.165, 1.54) is 130 Å². The van der Waals surface area contributed by atoms with Crippen molar-refractivity contribution in [3.63, 3.8) is 0 Å². The van der Waals surface area contributed by atoms with E-state index in [1.807, 2.05) is 39.9 Å². The number of aromatic nitrogens is 28. The van der Waals surface area contributed by atoms with Crippen molar-refractivity contribution in [3.05, 3.63) is 408 Å². The number of urea groups is 2. The van der Waals surface area contributed by atoms with Gasteiger partial charge in [0.25, 0.3) is 22.2 Å². The van der Waals surface area contributed by atoms with Gasteiger partial charge < -0.3 is 71.8 Å². The highest BCUT2D eigenvalue weighted by Crippen LogP contribution is 1.91. The largest absolute Gasteiger partial charge is 0.383 e. The lowest BCUT2D eigenvalue weighted by Crippen LogP contribution is -2.31. The normalized spacial score (nSPS) is 11.3. The van der Waals surface area contributed by atoms with Gasteiger partial charge in [0.15, 0.2) is 11.6 Å². The summed E-state index contributed by atoms with van der Waals surface area (Å²) in [7, 11) is 0. The van der Waals surface area contributed by atoms with Crippen LogP contribution in [0.25, 0.3) is 0 Å². The smallest absolute Gasteiger partial charge is 0.347 e. The van der Waals surface area contributed by atoms with Gasteiger partial charge in [-0.3, -0.25) is 103 Å². The van der Waals surface area contributed by atoms with Gasteiger partial charge in [0.05, 0.1) is 64.0 Å². The number of hydrogen-bond donors (Lipinski definition) is 23. The van der Waals surface area contributed by atoms with Crippen LogP contribution in [0.5, 0.6) is 0 Å². The van der Waals surface area contributed by atoms with E-state index in [0.717, 1.165) is 11.9 Å². The van der Waals surface area contributed by atoms with Gasteiger partial charge in [-0.25, -0.2) is 74.4 Å². The molecule has 141 heavy (non-hydrogen) atoms. The van der Waals surface area contributed by atoms with Crippen molar-refractivity contribution in [2.45, 2.75) is 71.2 Å². The van der Waals surface area contributed by atoms with E-state index in [1.54, 1.807) is 154 Å². The Morgan fingerprint density at radius 1 is 0.340 bits per heavy atom. The van der Waals surface area contributed by atoms with Crippen LogP contribution in [0.1, 0.15) is 71.2 Å². The number of aliphatic imine (C=N–C) groups is 2. The summed E-state index contributed by atoms with van der Waals surface area (Å²) in [6.45, 7) is 5.36. The molecule has 0 aliphatic carbocycles. The summed E-state index contributed by atoms with van der Waals surface area (Å²) in [5.74, 6) is -0.432. The number of H-pyrrole nitrogens is 15. The Hall–Kier alpha value is -20.4. The summed E-state index contributed by atoms with van der Waals surface area (Å²) in [5.41, 5.74) is -1.31. The van der Waals surface area contributed by atoms with Gasteiger partial charge in [-0.15, -0.1) is 0 Å². The maximum atomic E-state index is 10.3. The minimum atomic E-state index is -0.586. The number of nitrogens with one attached hydrogen (secondary N) is 23. The van der Waals surface area contributed by atoms with Crippen LogP contribution < -0.4 is 92.8 Å². The van der Waals surface area contributed by atoms with Crippen molar-refractivity contribution < 1.29 is 43.2 Å². The fourth-order valence-electron chi connectivity index (χ4n) is 6.65. The predicted molar refractivity (Wildman–Crippen MR) is 527 cm³/mol. The molecular formula is C85H118N38O18. The van der Waals surface area contributed by atoms with E-state index >= 15 is 0 Å². The molecule has 0 atom stereocenters. The molecule has 56 heteroatoms. The number of imide groups is 2. The van der Waals surface area contributed by atoms with Crippen LogP contribution in [0.15, 0.2) is 368 Å². The second-order valence-electron chi connectivity index (χ2n) is 22.5. The first kappa shape index (κ1) is 134. The van der Waals surface area contributed by atoms with Crippen LogP contribution in [0, 0.1) is 0 Å². The number of nitrogens with zero attached hydrogens (tertiary/aromatic N) is 15. The number of rotatable bonds is 0. The lowest BCUT2D eigenvalue weighted by Gasteiger charge is -2.00. The average Bonchev–Trinajstić information content (AvgIpc) is 1.70. The Morgan fingerprint density at radius 2 is 0.816 bits per heavy atom. The van der Waals surface area contributed by atoms with Gasteiger partial charge in [0, 0.05) is 167 Å². The molecular weight excluding hydrogens is 1840 g/mol. The molecule has 0 unspecified atom stereocenters. The van der Waals surface area contributed by atoms with Gasteiger partial charge in [-0.1, -0.05) is 88.9 Å². The topological polar surface area (TPSA) is 833 Å². The number of imidazole rings is 3. The van der Waals surface area contributed by atoms with Crippen LogP contribution in [0.3, 0.4) is 0 Å². The van der Waals surface area contributed by atoms with Crippen LogP contribution in [-0.4, -0.2) is 233 Å². The summed E-state index contributed by atoms with van der Waals surface area (Å²) in [4.78, 5) is 243. The minimum Gasteiger partial charge on any atom is -0.383 e. The Balaban J connectivity index is -0.000000267. The SMILES string of the molecule is C.C.C.C.C.C.C.C=C1CNC(=O)N1.O=C1C=CCC(=O)N1.O=C1C=CNC1.O=C1C=CNC1.O=C1CC=CN1.O=C1CC=NC(=O)N1.O=C1CN=CN1.O=c1cccc[nH]1.O=c1cccc[nH]1.O=c1cccc[nH]1.O=c1cccn[nH]1.O=c1cccn[nH]1.O=c1ccnc[nH]1.O=c1cn[nH]c(=O)[nH]1.O=c1ncnc[nH]1.c1c[nH]cn1.c1c[nH]cn1.c1c[nH]cn1.c1cc[nH]c1.c1nc[nH]n1.c1nc[nH]n1. The van der Waals surface area contributed by atoms with E-state index in [2.05, 4.69) is 184 Å². The zero-order valence-electron chi connectivity index (χ0n) is 70.2. The van der Waals surface area contributed by atoms with Crippen molar-refractivity contribution >= 4 is 65.7 Å². The molecule has 21 heterocycles. The second kappa shape index (κ2) is 95.6. The highest BCUT2D eigenvalue weighted by atomic mass is 16.2. The third kappa shape index (κ3) is 94.0. The maximum Gasteiger partial charge on any atom is 0.347 e. The van der Waals surface area contributed by atoms with Crippen molar-refractivity contribution in [2.75, 3.05) is 26.2 Å². The first-order valence-electron chi connectivity index (χ1n) is 37.5. The van der Waals surface area contributed by atoms with Crippen LogP contribution in [0.4, 0.5) is 9.59 Å². The van der Waals surface area contributed by atoms with Gasteiger partial charge in [0.1, 0.15) is 44.4 Å². The summed E-state index contributed by atoms with van der Waals surface area (Å²) >= 11 is 0. The molecule has 0 radical (unpaired) electrons. The van der Waals surface area contributed by atoms with E-state index in [0.29, 0.717) is 39.0 Å². The highest BCUT2D eigenvalue weighted by Gasteiger charge is 2.10. The van der Waals surface area contributed by atoms with Crippen LogP contribution >= 0.6 is 0 Å². The number of carbonyl (C=O) groups is 9. The lowest BCUT2D eigenvalue weighted by atomic mass is 10.3. The second-order valence-corrected chi connectivity index (χ2v) is 22.5. The monoisotopic (exact) mass is 1960 g/mol. The van der Waals surface area contributed by atoms with Crippen molar-refractivity contribution in [3.8, 4) is 0 Å². The predicted octanol–water partition coefficient (Wildman–Crippen LogP) is 1.97. The molecule has 7 aliphatic rings. The Morgan fingerprint density at radius 3 is 0.986 bits per heavy atom. The first-order valence-corrected chi connectivity index (χ1v) is 37.5. The fourth-order valence-corrected chi connectivity index (χ4v) is 6.65. The van der Waals surface area contributed by atoms with E-state index in [9.17, 15) is 86.3 Å². The molecule has 21 rings (SSSR count). The maximum absolute atomic E-state index is 10.3. The molecule has 14 aromatic heterocycles. The van der Waals surface area contributed by atoms with Gasteiger partial charge in [0.2, 0.25) is 46.2 Å². The zero-order valence-corrected chi connectivity index (χ0v) is 70.2. The number of amides is 9.